The van der Waals surface area contributed by atoms with Gasteiger partial charge in [0.1, 0.15) is 11.3 Å². The molecule has 4 rings (SSSR count). The zero-order valence-corrected chi connectivity index (χ0v) is 14.0. The molecule has 0 atom stereocenters. The van der Waals surface area contributed by atoms with Crippen LogP contribution in [0.3, 0.4) is 0 Å². The quantitative estimate of drug-likeness (QED) is 0.504. The molecule has 0 saturated carbocycles. The van der Waals surface area contributed by atoms with Gasteiger partial charge in [-0.05, 0) is 19.1 Å². The van der Waals surface area contributed by atoms with Crippen molar-refractivity contribution in [1.82, 2.24) is 14.5 Å². The van der Waals surface area contributed by atoms with Crippen LogP contribution in [0.5, 0.6) is 0 Å². The Kier molecular flexibility index (Phi) is 3.39. The number of rotatable bonds is 4. The third-order valence-corrected chi connectivity index (χ3v) is 4.39. The second-order valence-electron chi connectivity index (χ2n) is 5.72. The van der Waals surface area contributed by atoms with E-state index in [1.165, 1.54) is 0 Å². The van der Waals surface area contributed by atoms with Gasteiger partial charge in [-0.25, -0.2) is 9.97 Å². The third kappa shape index (κ3) is 2.08. The molecule has 0 amide bonds. The smallest absolute Gasteiger partial charge is 0.235 e. The number of para-hydroxylation sites is 1. The predicted octanol–water partition coefficient (Wildman–Crippen LogP) is 5.40. The Morgan fingerprint density at radius 1 is 1.04 bits per heavy atom. The minimum absolute atomic E-state index is 0.565. The molecule has 3 aromatic heterocycles. The molecule has 0 aliphatic heterocycles. The number of benzene rings is 1. The molecule has 0 radical (unpaired) electrons. The van der Waals surface area contributed by atoms with E-state index in [0.717, 1.165) is 39.0 Å². The van der Waals surface area contributed by atoms with Crippen LogP contribution in [0.1, 0.15) is 22.6 Å². The molecule has 0 saturated heterocycles. The Labute approximate surface area is 145 Å². The maximum atomic E-state index is 5.71. The second-order valence-corrected chi connectivity index (χ2v) is 5.72. The van der Waals surface area contributed by atoms with Gasteiger partial charge >= 0.3 is 0 Å². The fraction of sp³-hybridized carbons (Fsp3) is 0.0476. The lowest BCUT2D eigenvalue weighted by Crippen LogP contribution is -2.03. The first-order valence-electron chi connectivity index (χ1n) is 7.96. The van der Waals surface area contributed by atoms with E-state index in [2.05, 4.69) is 30.8 Å². The molecule has 0 fully saturated rings. The summed E-state index contributed by atoms with van der Waals surface area (Å²) in [6.45, 7) is 13.7. The average molecular weight is 327 g/mol. The normalized spacial score (nSPS) is 11.1. The van der Waals surface area contributed by atoms with Crippen LogP contribution in [0.15, 0.2) is 54.6 Å². The highest BCUT2D eigenvalue weighted by Gasteiger charge is 2.18. The molecule has 4 aromatic rings. The van der Waals surface area contributed by atoms with Gasteiger partial charge in [0.25, 0.3) is 0 Å². The summed E-state index contributed by atoms with van der Waals surface area (Å²) in [6.07, 6.45) is 7.10. The van der Waals surface area contributed by atoms with E-state index in [4.69, 9.17) is 9.40 Å². The number of hydrogen-bond donors (Lipinski definition) is 0. The minimum atomic E-state index is 0.565. The van der Waals surface area contributed by atoms with Gasteiger partial charge in [-0.15, -0.1) is 0 Å². The molecule has 3 heterocycles. The van der Waals surface area contributed by atoms with Crippen molar-refractivity contribution in [2.24, 2.45) is 0 Å². The molecule has 0 aliphatic carbocycles. The van der Waals surface area contributed by atoms with Crippen molar-refractivity contribution in [3.05, 3.63) is 72.8 Å². The van der Waals surface area contributed by atoms with Crippen LogP contribution in [0.4, 0.5) is 0 Å². The molecule has 4 nitrogen and oxygen atoms in total. The Morgan fingerprint density at radius 2 is 1.80 bits per heavy atom. The van der Waals surface area contributed by atoms with E-state index in [0.29, 0.717) is 11.5 Å². The highest BCUT2D eigenvalue weighted by atomic mass is 16.3. The standard InChI is InChI=1S/C21H17N3O/c1-5-14-13(4)25-19-12-22-21(23-20(14)19)24-17(7-3)15(6-2)16-10-8-9-11-18(16)24/h5-12H,1-3H2,4H3. The summed E-state index contributed by atoms with van der Waals surface area (Å²) in [5.74, 6) is 1.35. The number of nitrogens with zero attached hydrogens (tertiary/aromatic N) is 3. The Balaban J connectivity index is 2.11. The van der Waals surface area contributed by atoms with Gasteiger partial charge in [-0.2, -0.15) is 0 Å². The van der Waals surface area contributed by atoms with Crippen molar-refractivity contribution in [2.75, 3.05) is 0 Å². The van der Waals surface area contributed by atoms with E-state index in [1.54, 1.807) is 18.3 Å². The minimum Gasteiger partial charge on any atom is -0.457 e. The topological polar surface area (TPSA) is 43.9 Å². The van der Waals surface area contributed by atoms with E-state index in [1.807, 2.05) is 35.8 Å². The van der Waals surface area contributed by atoms with Gasteiger partial charge in [-0.3, -0.25) is 4.57 Å². The van der Waals surface area contributed by atoms with Crippen molar-refractivity contribution in [3.8, 4) is 5.95 Å². The molecule has 0 unspecified atom stereocenters. The van der Waals surface area contributed by atoms with Crippen LogP contribution in [0, 0.1) is 6.92 Å². The Hall–Kier alpha value is -3.40. The summed E-state index contributed by atoms with van der Waals surface area (Å²) in [5.41, 5.74) is 5.23. The van der Waals surface area contributed by atoms with Crippen molar-refractivity contribution < 1.29 is 4.42 Å². The predicted molar refractivity (Wildman–Crippen MR) is 104 cm³/mol. The van der Waals surface area contributed by atoms with E-state index < -0.39 is 0 Å². The summed E-state index contributed by atoms with van der Waals surface area (Å²) in [4.78, 5) is 9.26. The molecule has 0 aliphatic rings. The highest BCUT2D eigenvalue weighted by molar-refractivity contribution is 5.95. The van der Waals surface area contributed by atoms with Gasteiger partial charge in [-0.1, -0.05) is 50.1 Å². The first-order chi connectivity index (χ1) is 12.2. The molecular formula is C21H17N3O. The number of hydrogen-bond acceptors (Lipinski definition) is 3. The lowest BCUT2D eigenvalue weighted by molar-refractivity contribution is 0.575. The van der Waals surface area contributed by atoms with Gasteiger partial charge < -0.3 is 4.42 Å². The molecule has 0 spiro atoms. The number of aryl methyl sites for hydroxylation is 1. The number of furan rings is 1. The molecule has 0 bridgehead atoms. The summed E-state index contributed by atoms with van der Waals surface area (Å²) < 4.78 is 7.70. The first-order valence-corrected chi connectivity index (χ1v) is 7.96. The summed E-state index contributed by atoms with van der Waals surface area (Å²) in [7, 11) is 0. The lowest BCUT2D eigenvalue weighted by Gasteiger charge is -2.06. The zero-order chi connectivity index (χ0) is 17.6. The van der Waals surface area contributed by atoms with Gasteiger partial charge in [0.05, 0.1) is 17.4 Å². The second kappa shape index (κ2) is 5.60. The third-order valence-electron chi connectivity index (χ3n) is 4.39. The lowest BCUT2D eigenvalue weighted by atomic mass is 10.1. The van der Waals surface area contributed by atoms with E-state index >= 15 is 0 Å². The van der Waals surface area contributed by atoms with Crippen molar-refractivity contribution in [2.45, 2.75) is 6.92 Å². The maximum absolute atomic E-state index is 5.71. The van der Waals surface area contributed by atoms with Gasteiger partial charge in [0, 0.05) is 16.5 Å². The van der Waals surface area contributed by atoms with E-state index in [9.17, 15) is 0 Å². The van der Waals surface area contributed by atoms with Crippen LogP contribution < -0.4 is 0 Å². The first kappa shape index (κ1) is 15.1. The van der Waals surface area contributed by atoms with Crippen molar-refractivity contribution in [3.63, 3.8) is 0 Å². The van der Waals surface area contributed by atoms with Gasteiger partial charge in [0.2, 0.25) is 5.95 Å². The fourth-order valence-electron chi connectivity index (χ4n) is 3.28. The molecule has 122 valence electrons. The Morgan fingerprint density at radius 3 is 2.52 bits per heavy atom. The summed E-state index contributed by atoms with van der Waals surface area (Å²) >= 11 is 0. The summed E-state index contributed by atoms with van der Waals surface area (Å²) in [6, 6.07) is 8.10. The molecule has 1 aromatic carbocycles. The van der Waals surface area contributed by atoms with Crippen molar-refractivity contribution in [1.29, 1.82) is 0 Å². The molecule has 4 heteroatoms. The van der Waals surface area contributed by atoms with Crippen LogP contribution in [-0.2, 0) is 0 Å². The largest absolute Gasteiger partial charge is 0.457 e. The monoisotopic (exact) mass is 327 g/mol. The van der Waals surface area contributed by atoms with Crippen molar-refractivity contribution >= 4 is 40.2 Å². The van der Waals surface area contributed by atoms with E-state index in [-0.39, 0.29) is 0 Å². The van der Waals surface area contributed by atoms with Crippen LogP contribution >= 0.6 is 0 Å². The fourth-order valence-corrected chi connectivity index (χ4v) is 3.28. The maximum Gasteiger partial charge on any atom is 0.235 e. The zero-order valence-electron chi connectivity index (χ0n) is 14.0. The van der Waals surface area contributed by atoms with Crippen LogP contribution in [-0.4, -0.2) is 14.5 Å². The van der Waals surface area contributed by atoms with Gasteiger partial charge in [0.15, 0.2) is 5.58 Å². The Bertz CT molecular complexity index is 1160. The molecule has 25 heavy (non-hydrogen) atoms. The van der Waals surface area contributed by atoms with Crippen LogP contribution in [0.25, 0.3) is 46.2 Å². The van der Waals surface area contributed by atoms with Crippen LogP contribution in [0.2, 0.25) is 0 Å². The number of fused-ring (bicyclic) bond motifs is 2. The number of aromatic nitrogens is 3. The molecule has 0 N–H and O–H groups in total. The molecular weight excluding hydrogens is 310 g/mol. The SMILES string of the molecule is C=Cc1c(C=C)n(-c2ncc3oc(C)c(C=C)c3n2)c2ccccc12. The summed E-state index contributed by atoms with van der Waals surface area (Å²) in [5, 5.41) is 1.09. The highest BCUT2D eigenvalue weighted by Crippen LogP contribution is 2.31. The average Bonchev–Trinajstić information content (AvgIpc) is 3.13.